The molecule has 0 spiro atoms. The molecule has 3 aliphatic rings. The number of aryl methyl sites for hydroxylation is 1. The standard InChI is InChI=1S/C35H59N5.2ClH.Mn.4H2/c1-2-3-4-5-6-7-8-9-10-11-12-13-18-29-25-30-27-38-34-21-16-14-19-32(34)36-23-24-37-33-20-15-17-22-35(33)39-28-31(26-29)40-30;;;;;;;/h25-26,32-35H,2-24,27-28H2,1H3;2*1H;;4*1H/q-4;;;+2;;;;/p-2/t32-,33?,34+,35?;;;;;;;/m1......./s1. The van der Waals surface area contributed by atoms with Crippen molar-refractivity contribution >= 4 is 20.2 Å². The summed E-state index contributed by atoms with van der Waals surface area (Å²) in [6, 6.07) is 6.16. The van der Waals surface area contributed by atoms with Gasteiger partial charge in [-0.3, -0.25) is 4.98 Å². The van der Waals surface area contributed by atoms with Crippen LogP contribution in [0, 0.1) is 0 Å². The maximum absolute atomic E-state index is 5.19. The molecular weight excluding hydrogens is 616 g/mol. The Morgan fingerprint density at radius 2 is 1.00 bits per heavy atom. The molecule has 4 atom stereocenters. The van der Waals surface area contributed by atoms with Gasteiger partial charge in [0.1, 0.15) is 0 Å². The van der Waals surface area contributed by atoms with Crippen molar-refractivity contribution in [2.45, 2.75) is 179 Å². The number of halogens is 2. The number of pyridine rings is 1. The molecule has 2 bridgehead atoms. The van der Waals surface area contributed by atoms with E-state index < -0.39 is 0 Å². The van der Waals surface area contributed by atoms with Gasteiger partial charge in [-0.05, 0) is 30.5 Å². The summed E-state index contributed by atoms with van der Waals surface area (Å²) in [6.45, 7) is 5.47. The molecule has 0 amide bonds. The van der Waals surface area contributed by atoms with E-state index in [9.17, 15) is 0 Å². The van der Waals surface area contributed by atoms with Crippen LogP contribution < -0.4 is 0 Å². The number of unbranched alkanes of at least 4 members (excludes halogenated alkanes) is 11. The van der Waals surface area contributed by atoms with E-state index in [0.29, 0.717) is 24.2 Å². The summed E-state index contributed by atoms with van der Waals surface area (Å²) in [7, 11) is 9.59. The van der Waals surface area contributed by atoms with Crippen molar-refractivity contribution in [3.05, 3.63) is 50.4 Å². The summed E-state index contributed by atoms with van der Waals surface area (Å²) in [6.07, 6.45) is 27.8. The van der Waals surface area contributed by atoms with Crippen molar-refractivity contribution in [1.29, 1.82) is 0 Å². The van der Waals surface area contributed by atoms with Gasteiger partial charge in [-0.15, -0.1) is 13.1 Å². The number of hydrogen-bond donors (Lipinski definition) is 0. The molecule has 8 heteroatoms. The van der Waals surface area contributed by atoms with Crippen molar-refractivity contribution < 1.29 is 18.8 Å². The maximum Gasteiger partial charge on any atom is 0 e. The van der Waals surface area contributed by atoms with E-state index in [1.54, 1.807) is 0 Å². The van der Waals surface area contributed by atoms with Crippen LogP contribution in [0.25, 0.3) is 21.3 Å². The summed E-state index contributed by atoms with van der Waals surface area (Å²) < 4.78 is 0. The molecule has 2 saturated carbocycles. The molecule has 2 unspecified atom stereocenters. The average molecular weight is 684 g/mol. The summed E-state index contributed by atoms with van der Waals surface area (Å²) >= 11 is 0.00694. The molecule has 2 heterocycles. The summed E-state index contributed by atoms with van der Waals surface area (Å²) in [5.41, 5.74) is 3.73. The average Bonchev–Trinajstić information content (AvgIpc) is 3.03. The Morgan fingerprint density at radius 3 is 1.42 bits per heavy atom. The quantitative estimate of drug-likeness (QED) is 0.151. The predicted molar refractivity (Wildman–Crippen MR) is 192 cm³/mol. The minimum atomic E-state index is 0. The minimum Gasteiger partial charge on any atom is 0 e. The first-order valence-corrected chi connectivity index (χ1v) is 21.0. The van der Waals surface area contributed by atoms with E-state index in [-0.39, 0.29) is 18.8 Å². The normalized spacial score (nSPS) is 24.9. The monoisotopic (exact) mass is 682 g/mol. The van der Waals surface area contributed by atoms with Gasteiger partial charge in [-0.1, -0.05) is 129 Å². The van der Waals surface area contributed by atoms with Crippen molar-refractivity contribution in [2.75, 3.05) is 13.1 Å². The summed E-state index contributed by atoms with van der Waals surface area (Å²) in [4.78, 5) is 5.08. The van der Waals surface area contributed by atoms with Gasteiger partial charge >= 0.3 is 33.3 Å². The summed E-state index contributed by atoms with van der Waals surface area (Å²) in [5, 5.41) is 20.6. The molecule has 2 aliphatic carbocycles. The molecule has 1 aliphatic heterocycles. The zero-order valence-electron chi connectivity index (χ0n) is 27.0. The number of nitrogens with zero attached hydrogens (tertiary/aromatic N) is 5. The first-order valence-electron chi connectivity index (χ1n) is 17.8. The van der Waals surface area contributed by atoms with Gasteiger partial charge in [0.15, 0.2) is 0 Å². The van der Waals surface area contributed by atoms with E-state index >= 15 is 0 Å². The van der Waals surface area contributed by atoms with E-state index in [4.69, 9.17) is 46.4 Å². The smallest absolute Gasteiger partial charge is 0 e. The number of rotatable bonds is 13. The topological polar surface area (TPSA) is 69.3 Å². The van der Waals surface area contributed by atoms with Crippen LogP contribution in [0.5, 0.6) is 0 Å². The van der Waals surface area contributed by atoms with Gasteiger partial charge in [-0.2, -0.15) is 37.3 Å². The Balaban J connectivity index is 0. The fourth-order valence-electron chi connectivity index (χ4n) is 7.10. The third-order valence-electron chi connectivity index (χ3n) is 9.50. The van der Waals surface area contributed by atoms with Crippen molar-refractivity contribution in [1.82, 2.24) is 4.98 Å². The number of hydrogen-bond acceptors (Lipinski definition) is 1. The first kappa shape index (κ1) is 37.5. The Bertz CT molecular complexity index is 803. The summed E-state index contributed by atoms with van der Waals surface area (Å²) in [5.74, 6) is 0. The molecule has 0 aromatic carbocycles. The van der Waals surface area contributed by atoms with Crippen LogP contribution in [-0.2, 0) is 32.6 Å². The van der Waals surface area contributed by atoms with Crippen LogP contribution in [0.2, 0.25) is 0 Å². The largest absolute Gasteiger partial charge is 0 e. The third kappa shape index (κ3) is 16.0. The van der Waals surface area contributed by atoms with E-state index in [1.165, 1.54) is 134 Å². The van der Waals surface area contributed by atoms with Crippen molar-refractivity contribution in [3.63, 3.8) is 0 Å². The Labute approximate surface area is 285 Å². The fraction of sp³-hybridized carbons (Fsp3) is 0.857. The zero-order chi connectivity index (χ0) is 30.4. The SMILES string of the molecule is CCCCCCCCCCCCCCc1cc2nc(c1)C[N-][C@H]1CCCC[C@H]1[N-]CC[N-]C1CCCCC1[N-]C2.[Cl][Mn][Cl].[HH].[HH].[HH].[HH]. The van der Waals surface area contributed by atoms with Crippen LogP contribution in [-0.4, -0.2) is 42.2 Å². The second-order valence-corrected chi connectivity index (χ2v) is 14.9. The van der Waals surface area contributed by atoms with Crippen LogP contribution >= 0.6 is 20.2 Å². The zero-order valence-corrected chi connectivity index (χ0v) is 29.7. The molecule has 5 nitrogen and oxygen atoms in total. The molecule has 0 saturated heterocycles. The van der Waals surface area contributed by atoms with Crippen LogP contribution in [0.1, 0.15) is 158 Å². The number of fused-ring (bicyclic) bond motifs is 4. The molecule has 0 radical (unpaired) electrons. The Morgan fingerprint density at radius 1 is 0.628 bits per heavy atom. The molecule has 257 valence electrons. The van der Waals surface area contributed by atoms with E-state index in [0.717, 1.165) is 44.0 Å². The second kappa shape index (κ2) is 24.3. The minimum absolute atomic E-state index is 0. The van der Waals surface area contributed by atoms with Gasteiger partial charge in [0, 0.05) is 17.1 Å². The van der Waals surface area contributed by atoms with Gasteiger partial charge in [0.2, 0.25) is 0 Å². The molecule has 1 aromatic rings. The third-order valence-corrected chi connectivity index (χ3v) is 9.50. The van der Waals surface area contributed by atoms with E-state index in [1.807, 2.05) is 0 Å². The van der Waals surface area contributed by atoms with Gasteiger partial charge in [0.05, 0.1) is 0 Å². The van der Waals surface area contributed by atoms with Gasteiger partial charge < -0.3 is 21.3 Å². The fourth-order valence-corrected chi connectivity index (χ4v) is 7.10. The van der Waals surface area contributed by atoms with Gasteiger partial charge in [0.25, 0.3) is 0 Å². The second-order valence-electron chi connectivity index (χ2n) is 13.0. The molecule has 4 rings (SSSR count). The first-order chi connectivity index (χ1) is 21.2. The Hall–Kier alpha value is 0.0895. The number of aromatic nitrogens is 1. The van der Waals surface area contributed by atoms with E-state index in [2.05, 4.69) is 19.1 Å². The molecular formula is C35H67Cl2MnN5-4. The van der Waals surface area contributed by atoms with Crippen LogP contribution in [0.3, 0.4) is 0 Å². The van der Waals surface area contributed by atoms with Crippen LogP contribution in [0.15, 0.2) is 12.1 Å². The molecule has 0 N–H and O–H groups in total. The Kier molecular flexibility index (Phi) is 21.2. The van der Waals surface area contributed by atoms with Crippen LogP contribution in [0.4, 0.5) is 0 Å². The molecule has 43 heavy (non-hydrogen) atoms. The molecule has 1 aromatic heterocycles. The van der Waals surface area contributed by atoms with Crippen molar-refractivity contribution in [3.8, 4) is 0 Å². The maximum atomic E-state index is 5.19. The predicted octanol–water partition coefficient (Wildman–Crippen LogP) is 12.8. The van der Waals surface area contributed by atoms with Crippen molar-refractivity contribution in [2.24, 2.45) is 0 Å². The molecule has 2 fully saturated rings. The van der Waals surface area contributed by atoms with Gasteiger partial charge in [-0.25, -0.2) is 0 Å².